The molecule has 0 aromatic heterocycles. The maximum atomic E-state index is 13.6. The topological polar surface area (TPSA) is 48.0 Å². The predicted molar refractivity (Wildman–Crippen MR) is 118 cm³/mol. The highest BCUT2D eigenvalue weighted by Gasteiger charge is 2.35. The van der Waals surface area contributed by atoms with E-state index in [9.17, 15) is 4.79 Å². The molecule has 3 aromatic rings. The molecule has 2 heterocycles. The Morgan fingerprint density at radius 1 is 1.10 bits per heavy atom. The monoisotopic (exact) mass is 415 g/mol. The van der Waals surface area contributed by atoms with Gasteiger partial charge in [0.25, 0.3) is 0 Å². The molecule has 6 rings (SSSR count). The summed E-state index contributed by atoms with van der Waals surface area (Å²) in [5.74, 6) is 2.26. The highest BCUT2D eigenvalue weighted by molar-refractivity contribution is 6.10. The van der Waals surface area contributed by atoms with Crippen molar-refractivity contribution in [2.75, 3.05) is 27.5 Å². The zero-order valence-electron chi connectivity index (χ0n) is 17.9. The van der Waals surface area contributed by atoms with Crippen molar-refractivity contribution in [1.82, 2.24) is 4.90 Å². The third-order valence-electron chi connectivity index (χ3n) is 7.10. The Bertz CT molecular complexity index is 1220. The van der Waals surface area contributed by atoms with E-state index in [1.54, 1.807) is 7.11 Å². The lowest BCUT2D eigenvalue weighted by Crippen LogP contribution is -2.34. The van der Waals surface area contributed by atoms with E-state index in [0.717, 1.165) is 48.1 Å². The van der Waals surface area contributed by atoms with Crippen molar-refractivity contribution in [2.45, 2.75) is 31.7 Å². The molecule has 0 bridgehead atoms. The molecule has 1 aliphatic carbocycles. The number of methoxy groups -OCH3 is 1. The summed E-state index contributed by atoms with van der Waals surface area (Å²) in [6.45, 7) is 1.09. The molecule has 2 aliphatic heterocycles. The third-order valence-corrected chi connectivity index (χ3v) is 7.10. The van der Waals surface area contributed by atoms with Gasteiger partial charge >= 0.3 is 0 Å². The molecule has 0 saturated heterocycles. The summed E-state index contributed by atoms with van der Waals surface area (Å²) >= 11 is 0. The third kappa shape index (κ3) is 2.76. The van der Waals surface area contributed by atoms with E-state index < -0.39 is 0 Å². The van der Waals surface area contributed by atoms with E-state index >= 15 is 0 Å². The van der Waals surface area contributed by atoms with Crippen molar-refractivity contribution in [3.05, 3.63) is 64.2 Å². The number of carbonyl (C=O) groups is 1. The van der Waals surface area contributed by atoms with Gasteiger partial charge in [-0.1, -0.05) is 30.3 Å². The summed E-state index contributed by atoms with van der Waals surface area (Å²) in [6, 6.07) is 12.5. The van der Waals surface area contributed by atoms with Crippen LogP contribution in [0.25, 0.3) is 10.8 Å². The first kappa shape index (κ1) is 18.7. The van der Waals surface area contributed by atoms with Gasteiger partial charge in [0, 0.05) is 30.1 Å². The van der Waals surface area contributed by atoms with Crippen LogP contribution < -0.4 is 14.2 Å². The number of benzene rings is 3. The first-order valence-corrected chi connectivity index (χ1v) is 10.9. The van der Waals surface area contributed by atoms with E-state index in [4.69, 9.17) is 14.2 Å². The molecule has 1 atom stereocenters. The van der Waals surface area contributed by atoms with Crippen LogP contribution in [0.4, 0.5) is 0 Å². The lowest BCUT2D eigenvalue weighted by molar-refractivity contribution is 0.0927. The number of carbonyl (C=O) groups excluding carboxylic acids is 1. The molecule has 5 nitrogen and oxygen atoms in total. The largest absolute Gasteiger partial charge is 0.492 e. The molecule has 5 heteroatoms. The molecule has 0 fully saturated rings. The quantitative estimate of drug-likeness (QED) is 0.588. The second-order valence-corrected chi connectivity index (χ2v) is 8.70. The van der Waals surface area contributed by atoms with Gasteiger partial charge in [0.15, 0.2) is 17.3 Å². The predicted octanol–water partition coefficient (Wildman–Crippen LogP) is 4.48. The minimum absolute atomic E-state index is 0.0660. The van der Waals surface area contributed by atoms with Crippen LogP contribution in [-0.4, -0.2) is 38.2 Å². The van der Waals surface area contributed by atoms with Crippen LogP contribution in [0.3, 0.4) is 0 Å². The molecular formula is C26H25NO4. The zero-order chi connectivity index (χ0) is 21.1. The maximum absolute atomic E-state index is 13.6. The fourth-order valence-electron chi connectivity index (χ4n) is 5.56. The van der Waals surface area contributed by atoms with E-state index in [1.165, 1.54) is 22.1 Å². The second kappa shape index (κ2) is 6.99. The Kier molecular flexibility index (Phi) is 4.22. The van der Waals surface area contributed by atoms with Crippen molar-refractivity contribution in [2.24, 2.45) is 0 Å². The van der Waals surface area contributed by atoms with Crippen LogP contribution in [-0.2, 0) is 19.3 Å². The average molecular weight is 415 g/mol. The highest BCUT2D eigenvalue weighted by Crippen LogP contribution is 2.50. The first-order valence-electron chi connectivity index (χ1n) is 10.9. The highest BCUT2D eigenvalue weighted by atomic mass is 16.7. The Morgan fingerprint density at radius 2 is 1.94 bits per heavy atom. The van der Waals surface area contributed by atoms with E-state index in [0.29, 0.717) is 17.9 Å². The van der Waals surface area contributed by atoms with Crippen molar-refractivity contribution in [1.29, 1.82) is 0 Å². The van der Waals surface area contributed by atoms with Crippen molar-refractivity contribution in [3.8, 4) is 17.2 Å². The van der Waals surface area contributed by atoms with Gasteiger partial charge in [-0.05, 0) is 59.8 Å². The summed E-state index contributed by atoms with van der Waals surface area (Å²) in [7, 11) is 3.74. The number of ketones is 1. The number of nitrogens with zero attached hydrogens (tertiary/aromatic N) is 1. The summed E-state index contributed by atoms with van der Waals surface area (Å²) in [5, 5.41) is 2.38. The van der Waals surface area contributed by atoms with Gasteiger partial charge in [0.05, 0.1) is 7.11 Å². The fourth-order valence-corrected chi connectivity index (χ4v) is 5.56. The van der Waals surface area contributed by atoms with Gasteiger partial charge in [-0.3, -0.25) is 9.69 Å². The minimum Gasteiger partial charge on any atom is -0.492 e. The minimum atomic E-state index is -0.0660. The number of aryl methyl sites for hydroxylation is 2. The molecular weight excluding hydrogens is 390 g/mol. The molecule has 0 radical (unpaired) electrons. The van der Waals surface area contributed by atoms with E-state index in [2.05, 4.69) is 42.3 Å². The summed E-state index contributed by atoms with van der Waals surface area (Å²) in [5.41, 5.74) is 5.77. The number of Topliss-reactive ketones (excluding diaryl/α,β-unsaturated/α-hetero) is 1. The van der Waals surface area contributed by atoms with Crippen LogP contribution in [0.5, 0.6) is 17.2 Å². The number of likely N-dealkylation sites (N-methyl/N-ethyl adjacent to an activating group) is 1. The van der Waals surface area contributed by atoms with Crippen LogP contribution in [0.2, 0.25) is 0 Å². The van der Waals surface area contributed by atoms with Crippen LogP contribution in [0.15, 0.2) is 36.4 Å². The molecule has 31 heavy (non-hydrogen) atoms. The Morgan fingerprint density at radius 3 is 2.77 bits per heavy atom. The van der Waals surface area contributed by atoms with Gasteiger partial charge in [-0.15, -0.1) is 0 Å². The fraction of sp³-hybridized carbons (Fsp3) is 0.346. The van der Waals surface area contributed by atoms with Gasteiger partial charge in [-0.25, -0.2) is 0 Å². The Labute approximate surface area is 181 Å². The Balaban J connectivity index is 1.42. The van der Waals surface area contributed by atoms with Crippen molar-refractivity contribution < 1.29 is 19.0 Å². The van der Waals surface area contributed by atoms with Gasteiger partial charge in [0.2, 0.25) is 12.5 Å². The molecule has 0 N–H and O–H groups in total. The molecule has 3 aliphatic rings. The summed E-state index contributed by atoms with van der Waals surface area (Å²) in [4.78, 5) is 15.9. The number of fused-ring (bicyclic) bond motifs is 2. The van der Waals surface area contributed by atoms with E-state index in [1.807, 2.05) is 6.07 Å². The van der Waals surface area contributed by atoms with Crippen molar-refractivity contribution in [3.63, 3.8) is 0 Å². The van der Waals surface area contributed by atoms with Gasteiger partial charge in [0.1, 0.15) is 0 Å². The lowest BCUT2D eigenvalue weighted by atomic mass is 9.86. The standard InChI is InChI=1S/C26H25NO4/c1-27-11-10-17-12-22-25(31-14-30-22)26(29-2)24(17)20(27)13-21(28)18-9-8-16-7-6-15-4-3-5-19(18)23(15)16/h3-5,8-9,12,20H,6-7,10-11,13-14H2,1-2H3. The number of rotatable bonds is 4. The Hall–Kier alpha value is -3.05. The summed E-state index contributed by atoms with van der Waals surface area (Å²) in [6.07, 6.45) is 3.42. The first-order chi connectivity index (χ1) is 15.2. The van der Waals surface area contributed by atoms with E-state index in [-0.39, 0.29) is 18.6 Å². The molecule has 0 amide bonds. The zero-order valence-corrected chi connectivity index (χ0v) is 17.9. The maximum Gasteiger partial charge on any atom is 0.231 e. The average Bonchev–Trinajstić information content (AvgIpc) is 3.42. The van der Waals surface area contributed by atoms with Crippen LogP contribution >= 0.6 is 0 Å². The smallest absolute Gasteiger partial charge is 0.231 e. The summed E-state index contributed by atoms with van der Waals surface area (Å²) < 4.78 is 17.1. The number of hydrogen-bond acceptors (Lipinski definition) is 5. The van der Waals surface area contributed by atoms with Crippen molar-refractivity contribution >= 4 is 16.6 Å². The lowest BCUT2D eigenvalue weighted by Gasteiger charge is -2.35. The number of hydrogen-bond donors (Lipinski definition) is 0. The second-order valence-electron chi connectivity index (χ2n) is 8.70. The molecule has 158 valence electrons. The molecule has 0 spiro atoms. The SMILES string of the molecule is COc1c2c(cc3c1C(CC(=O)c1ccc4c5c(cccc15)CC4)N(C)CC3)OCO2. The van der Waals surface area contributed by atoms with Gasteiger partial charge in [-0.2, -0.15) is 0 Å². The molecule has 3 aromatic carbocycles. The van der Waals surface area contributed by atoms with Crippen LogP contribution in [0.1, 0.15) is 45.1 Å². The normalized spacial score (nSPS) is 19.0. The van der Waals surface area contributed by atoms with Gasteiger partial charge < -0.3 is 14.2 Å². The molecule has 0 saturated carbocycles. The van der Waals surface area contributed by atoms with Crippen LogP contribution in [0, 0.1) is 0 Å². The number of ether oxygens (including phenoxy) is 3. The molecule has 1 unspecified atom stereocenters.